The highest BCUT2D eigenvalue weighted by Gasteiger charge is 2.26. The second kappa shape index (κ2) is 8.45. The molecule has 2 aromatic heterocycles. The fourth-order valence-corrected chi connectivity index (χ4v) is 5.75. The lowest BCUT2D eigenvalue weighted by atomic mass is 10.0. The fourth-order valence-electron chi connectivity index (χ4n) is 4.20. The van der Waals surface area contributed by atoms with Crippen LogP contribution in [0.25, 0.3) is 22.0 Å². The summed E-state index contributed by atoms with van der Waals surface area (Å²) in [6.45, 7) is 4.31. The van der Waals surface area contributed by atoms with Gasteiger partial charge < -0.3 is 20.6 Å². The number of aryl methyl sites for hydroxylation is 2. The van der Waals surface area contributed by atoms with Crippen LogP contribution in [0, 0.1) is 13.8 Å². The van der Waals surface area contributed by atoms with E-state index in [1.165, 1.54) is 0 Å². The van der Waals surface area contributed by atoms with Crippen molar-refractivity contribution in [2.75, 3.05) is 18.4 Å². The molecule has 1 aliphatic rings. The van der Waals surface area contributed by atoms with Gasteiger partial charge in [-0.1, -0.05) is 18.0 Å². The Morgan fingerprint density at radius 1 is 1.23 bits per heavy atom. The standard InChI is InChI=1S/C21H27N5O4S/c1-12-20(13(2)30-25-12)14-9-17-16(11-18(21(27)24-17)23-8-7-22)19(10-14)31(28,29)26-15-5-3-4-6-15/h9-11,15,23,26H,3-8,22H2,1-2H3,(H,24,27). The molecule has 10 heteroatoms. The Balaban J connectivity index is 1.94. The molecule has 1 aromatic carbocycles. The molecule has 0 bridgehead atoms. The van der Waals surface area contributed by atoms with Crippen molar-refractivity contribution < 1.29 is 12.9 Å². The number of hydrogen-bond acceptors (Lipinski definition) is 7. The van der Waals surface area contributed by atoms with Crippen molar-refractivity contribution in [2.45, 2.75) is 50.5 Å². The largest absolute Gasteiger partial charge is 0.379 e. The quantitative estimate of drug-likeness (QED) is 0.437. The summed E-state index contributed by atoms with van der Waals surface area (Å²) in [6.07, 6.45) is 3.66. The summed E-state index contributed by atoms with van der Waals surface area (Å²) in [5.41, 5.74) is 7.87. The first-order valence-electron chi connectivity index (χ1n) is 10.4. The molecule has 1 saturated carbocycles. The number of sulfonamides is 1. The average Bonchev–Trinajstić information content (AvgIpc) is 3.34. The maximum atomic E-state index is 13.4. The lowest BCUT2D eigenvalue weighted by molar-refractivity contribution is 0.393. The second-order valence-electron chi connectivity index (χ2n) is 7.97. The summed E-state index contributed by atoms with van der Waals surface area (Å²) in [7, 11) is -3.84. The van der Waals surface area contributed by atoms with Crippen LogP contribution in [-0.4, -0.2) is 37.7 Å². The van der Waals surface area contributed by atoms with Gasteiger partial charge in [-0.05, 0) is 50.5 Å². The average molecular weight is 446 g/mol. The highest BCUT2D eigenvalue weighted by molar-refractivity contribution is 7.89. The molecule has 0 saturated heterocycles. The van der Waals surface area contributed by atoms with Gasteiger partial charge in [0.25, 0.3) is 5.56 Å². The van der Waals surface area contributed by atoms with E-state index >= 15 is 0 Å². The lowest BCUT2D eigenvalue weighted by Crippen LogP contribution is -2.33. The number of nitrogens with one attached hydrogen (secondary N) is 3. The monoisotopic (exact) mass is 445 g/mol. The van der Waals surface area contributed by atoms with E-state index < -0.39 is 10.0 Å². The van der Waals surface area contributed by atoms with Gasteiger partial charge in [0.05, 0.1) is 16.1 Å². The second-order valence-corrected chi connectivity index (χ2v) is 9.65. The number of H-pyrrole nitrogens is 1. The molecule has 31 heavy (non-hydrogen) atoms. The van der Waals surface area contributed by atoms with E-state index in [2.05, 4.69) is 20.2 Å². The van der Waals surface area contributed by atoms with Crippen molar-refractivity contribution in [1.29, 1.82) is 0 Å². The Hall–Kier alpha value is -2.69. The van der Waals surface area contributed by atoms with Gasteiger partial charge in [-0.2, -0.15) is 0 Å². The van der Waals surface area contributed by atoms with Crippen LogP contribution in [0.2, 0.25) is 0 Å². The first-order valence-corrected chi connectivity index (χ1v) is 11.9. The predicted molar refractivity (Wildman–Crippen MR) is 120 cm³/mol. The van der Waals surface area contributed by atoms with E-state index in [0.717, 1.165) is 25.7 Å². The number of fused-ring (bicyclic) bond motifs is 1. The van der Waals surface area contributed by atoms with Gasteiger partial charge in [0.1, 0.15) is 11.4 Å². The van der Waals surface area contributed by atoms with Crippen LogP contribution in [-0.2, 0) is 10.0 Å². The Labute approximate surface area is 180 Å². The van der Waals surface area contributed by atoms with E-state index in [1.807, 2.05) is 0 Å². The molecule has 166 valence electrons. The first kappa shape index (κ1) is 21.5. The minimum absolute atomic E-state index is 0.0830. The number of benzene rings is 1. The number of aromatic amines is 1. The normalized spacial score (nSPS) is 15.1. The van der Waals surface area contributed by atoms with Crippen LogP contribution in [0.15, 0.2) is 32.4 Å². The summed E-state index contributed by atoms with van der Waals surface area (Å²) in [6, 6.07) is 4.87. The first-order chi connectivity index (χ1) is 14.8. The van der Waals surface area contributed by atoms with E-state index in [0.29, 0.717) is 46.6 Å². The number of rotatable bonds is 7. The smallest absolute Gasteiger partial charge is 0.271 e. The van der Waals surface area contributed by atoms with Gasteiger partial charge in [0.2, 0.25) is 10.0 Å². The van der Waals surface area contributed by atoms with Crippen molar-refractivity contribution in [1.82, 2.24) is 14.9 Å². The predicted octanol–water partition coefficient (Wildman–Crippen LogP) is 2.39. The van der Waals surface area contributed by atoms with Crippen LogP contribution in [0.5, 0.6) is 0 Å². The van der Waals surface area contributed by atoms with Gasteiger partial charge in [-0.3, -0.25) is 4.79 Å². The van der Waals surface area contributed by atoms with Gasteiger partial charge >= 0.3 is 0 Å². The maximum Gasteiger partial charge on any atom is 0.271 e. The summed E-state index contributed by atoms with van der Waals surface area (Å²) < 4.78 is 35.0. The lowest BCUT2D eigenvalue weighted by Gasteiger charge is -2.16. The third kappa shape index (κ3) is 4.23. The summed E-state index contributed by atoms with van der Waals surface area (Å²) in [5.74, 6) is 0.576. The van der Waals surface area contributed by atoms with E-state index in [-0.39, 0.29) is 22.2 Å². The van der Waals surface area contributed by atoms with Crippen LogP contribution >= 0.6 is 0 Å². The van der Waals surface area contributed by atoms with E-state index in [9.17, 15) is 13.2 Å². The highest BCUT2D eigenvalue weighted by atomic mass is 32.2. The van der Waals surface area contributed by atoms with Crippen LogP contribution < -0.4 is 21.3 Å². The molecule has 0 radical (unpaired) electrons. The molecule has 0 spiro atoms. The molecule has 0 unspecified atom stereocenters. The van der Waals surface area contributed by atoms with Gasteiger partial charge in [0, 0.05) is 30.1 Å². The topological polar surface area (TPSA) is 143 Å². The zero-order chi connectivity index (χ0) is 22.2. The SMILES string of the molecule is Cc1noc(C)c1-c1cc(S(=O)(=O)NC2CCCC2)c2cc(NCCN)c(=O)[nH]c2c1. The molecule has 5 N–H and O–H groups in total. The highest BCUT2D eigenvalue weighted by Crippen LogP contribution is 2.34. The van der Waals surface area contributed by atoms with Crippen molar-refractivity contribution in [2.24, 2.45) is 5.73 Å². The van der Waals surface area contributed by atoms with Gasteiger partial charge in [-0.15, -0.1) is 0 Å². The summed E-state index contributed by atoms with van der Waals surface area (Å²) in [4.78, 5) is 15.5. The molecule has 9 nitrogen and oxygen atoms in total. The van der Waals surface area contributed by atoms with Crippen molar-refractivity contribution >= 4 is 26.6 Å². The zero-order valence-electron chi connectivity index (χ0n) is 17.6. The molecular weight excluding hydrogens is 418 g/mol. The minimum atomic E-state index is -3.84. The molecule has 1 fully saturated rings. The number of hydrogen-bond donors (Lipinski definition) is 4. The molecule has 4 rings (SSSR count). The third-order valence-corrected chi connectivity index (χ3v) is 7.23. The van der Waals surface area contributed by atoms with Crippen molar-refractivity contribution in [3.05, 3.63) is 40.0 Å². The minimum Gasteiger partial charge on any atom is -0.379 e. The van der Waals surface area contributed by atoms with Crippen LogP contribution in [0.3, 0.4) is 0 Å². The van der Waals surface area contributed by atoms with E-state index in [4.69, 9.17) is 10.3 Å². The summed E-state index contributed by atoms with van der Waals surface area (Å²) >= 11 is 0. The Kier molecular flexibility index (Phi) is 5.87. The number of pyridine rings is 1. The van der Waals surface area contributed by atoms with Crippen molar-refractivity contribution in [3.8, 4) is 11.1 Å². The number of nitrogens with zero attached hydrogens (tertiary/aromatic N) is 1. The Bertz CT molecular complexity index is 1250. The third-order valence-electron chi connectivity index (χ3n) is 5.67. The zero-order valence-corrected chi connectivity index (χ0v) is 18.4. The fraction of sp³-hybridized carbons (Fsp3) is 0.429. The number of aromatic nitrogens is 2. The van der Waals surface area contributed by atoms with Gasteiger partial charge in [-0.25, -0.2) is 13.1 Å². The molecule has 0 aliphatic heterocycles. The number of nitrogens with two attached hydrogens (primary N) is 1. The molecule has 1 aliphatic carbocycles. The van der Waals surface area contributed by atoms with Crippen molar-refractivity contribution in [3.63, 3.8) is 0 Å². The number of anilines is 1. The molecule has 0 atom stereocenters. The molecule has 0 amide bonds. The summed E-state index contributed by atoms with van der Waals surface area (Å²) in [5, 5.41) is 7.37. The molecule has 3 aromatic rings. The van der Waals surface area contributed by atoms with Crippen LogP contribution in [0.1, 0.15) is 37.1 Å². The Morgan fingerprint density at radius 2 is 1.97 bits per heavy atom. The van der Waals surface area contributed by atoms with Gasteiger partial charge in [0.15, 0.2) is 0 Å². The van der Waals surface area contributed by atoms with Crippen LogP contribution in [0.4, 0.5) is 5.69 Å². The Morgan fingerprint density at radius 3 is 2.61 bits per heavy atom. The van der Waals surface area contributed by atoms with E-state index in [1.54, 1.807) is 32.0 Å². The maximum absolute atomic E-state index is 13.4. The molecular formula is C21H27N5O4S. The molecule has 2 heterocycles.